The van der Waals surface area contributed by atoms with Crippen molar-refractivity contribution < 1.29 is 4.39 Å². The van der Waals surface area contributed by atoms with Gasteiger partial charge < -0.3 is 0 Å². The van der Waals surface area contributed by atoms with Crippen LogP contribution in [0.3, 0.4) is 0 Å². The predicted molar refractivity (Wildman–Crippen MR) is 103 cm³/mol. The van der Waals surface area contributed by atoms with Crippen molar-refractivity contribution in [3.05, 3.63) is 72.5 Å². The van der Waals surface area contributed by atoms with Crippen molar-refractivity contribution in [1.82, 2.24) is 9.38 Å². The fourth-order valence-corrected chi connectivity index (χ4v) is 4.92. The molecule has 0 fully saturated rings. The smallest absolute Gasteiger partial charge is 0.147 e. The molecule has 0 saturated heterocycles. The third kappa shape index (κ3) is 1.64. The van der Waals surface area contributed by atoms with Crippen molar-refractivity contribution in [2.24, 2.45) is 0 Å². The summed E-state index contributed by atoms with van der Waals surface area (Å²) in [6.07, 6.45) is 0. The summed E-state index contributed by atoms with van der Waals surface area (Å²) in [6.45, 7) is 0. The first-order valence-electron chi connectivity index (χ1n) is 8.11. The van der Waals surface area contributed by atoms with Gasteiger partial charge in [-0.05, 0) is 35.7 Å². The number of aromatic nitrogens is 2. The SMILES string of the molecule is Fc1ccc2c(c1)c1ccccc1n1c2nc2c3ccccc3sc21. The maximum Gasteiger partial charge on any atom is 0.147 e. The number of para-hydroxylation sites is 1. The minimum Gasteiger partial charge on any atom is -0.283 e. The average molecular weight is 342 g/mol. The molecule has 3 heterocycles. The third-order valence-corrected chi connectivity index (χ3v) is 5.99. The zero-order valence-corrected chi connectivity index (χ0v) is 13.8. The van der Waals surface area contributed by atoms with Crippen molar-refractivity contribution in [1.29, 1.82) is 0 Å². The fraction of sp³-hybridized carbons (Fsp3) is 0. The lowest BCUT2D eigenvalue weighted by molar-refractivity contribution is 0.630. The van der Waals surface area contributed by atoms with E-state index in [1.807, 2.05) is 24.3 Å². The van der Waals surface area contributed by atoms with Crippen LogP contribution in [0.25, 0.3) is 47.8 Å². The maximum atomic E-state index is 13.9. The summed E-state index contributed by atoms with van der Waals surface area (Å²) in [5.74, 6) is -0.221. The lowest BCUT2D eigenvalue weighted by Gasteiger charge is -2.08. The molecule has 0 amide bonds. The summed E-state index contributed by atoms with van der Waals surface area (Å²) in [6, 6.07) is 21.5. The van der Waals surface area contributed by atoms with Crippen LogP contribution in [0.5, 0.6) is 0 Å². The lowest BCUT2D eigenvalue weighted by Crippen LogP contribution is -1.91. The molecule has 0 aliphatic rings. The predicted octanol–water partition coefficient (Wildman–Crippen LogP) is 6.15. The van der Waals surface area contributed by atoms with Crippen LogP contribution in [0.2, 0.25) is 0 Å². The molecule has 118 valence electrons. The Balaban J connectivity index is 2.00. The molecule has 0 aliphatic heterocycles. The van der Waals surface area contributed by atoms with E-state index in [1.54, 1.807) is 17.4 Å². The zero-order valence-electron chi connectivity index (χ0n) is 13.0. The van der Waals surface area contributed by atoms with E-state index in [4.69, 9.17) is 4.98 Å². The number of nitrogens with zero attached hydrogens (tertiary/aromatic N) is 2. The molecule has 3 aromatic carbocycles. The summed E-state index contributed by atoms with van der Waals surface area (Å²) < 4.78 is 17.3. The molecule has 0 unspecified atom stereocenters. The van der Waals surface area contributed by atoms with Gasteiger partial charge in [0.1, 0.15) is 21.8 Å². The van der Waals surface area contributed by atoms with E-state index in [2.05, 4.69) is 34.7 Å². The molecule has 0 bridgehead atoms. The van der Waals surface area contributed by atoms with E-state index in [0.717, 1.165) is 37.7 Å². The number of benzene rings is 3. The second kappa shape index (κ2) is 4.55. The van der Waals surface area contributed by atoms with Gasteiger partial charge in [-0.15, -0.1) is 11.3 Å². The highest BCUT2D eigenvalue weighted by atomic mass is 32.1. The topological polar surface area (TPSA) is 17.3 Å². The quantitative estimate of drug-likeness (QED) is 0.303. The highest BCUT2D eigenvalue weighted by Gasteiger charge is 2.17. The van der Waals surface area contributed by atoms with Gasteiger partial charge in [-0.1, -0.05) is 36.4 Å². The van der Waals surface area contributed by atoms with E-state index in [-0.39, 0.29) is 5.82 Å². The van der Waals surface area contributed by atoms with E-state index in [9.17, 15) is 4.39 Å². The summed E-state index contributed by atoms with van der Waals surface area (Å²) in [4.78, 5) is 6.10. The molecule has 0 aliphatic carbocycles. The van der Waals surface area contributed by atoms with E-state index < -0.39 is 0 Å². The number of pyridine rings is 1. The van der Waals surface area contributed by atoms with Gasteiger partial charge in [0.25, 0.3) is 0 Å². The van der Waals surface area contributed by atoms with Crippen LogP contribution in [-0.4, -0.2) is 9.38 Å². The van der Waals surface area contributed by atoms with Gasteiger partial charge in [-0.3, -0.25) is 4.40 Å². The molecule has 0 spiro atoms. The Bertz CT molecular complexity index is 1460. The highest BCUT2D eigenvalue weighted by Crippen LogP contribution is 2.38. The molecule has 6 aromatic rings. The van der Waals surface area contributed by atoms with Gasteiger partial charge in [0.05, 0.1) is 5.52 Å². The minimum absolute atomic E-state index is 0.221. The summed E-state index contributed by atoms with van der Waals surface area (Å²) >= 11 is 1.75. The molecule has 0 saturated carbocycles. The second-order valence-electron chi connectivity index (χ2n) is 6.23. The molecule has 6 rings (SSSR count). The first kappa shape index (κ1) is 13.3. The Morgan fingerprint density at radius 3 is 2.52 bits per heavy atom. The Kier molecular flexibility index (Phi) is 2.43. The Morgan fingerprint density at radius 2 is 1.60 bits per heavy atom. The number of thiophene rings is 1. The van der Waals surface area contributed by atoms with Crippen LogP contribution in [0.1, 0.15) is 0 Å². The van der Waals surface area contributed by atoms with Crippen LogP contribution < -0.4 is 0 Å². The van der Waals surface area contributed by atoms with Gasteiger partial charge in [0.15, 0.2) is 0 Å². The van der Waals surface area contributed by atoms with Gasteiger partial charge in [0.2, 0.25) is 0 Å². The van der Waals surface area contributed by atoms with Crippen molar-refractivity contribution in [2.75, 3.05) is 0 Å². The number of hydrogen-bond donors (Lipinski definition) is 0. The first-order chi connectivity index (χ1) is 12.3. The van der Waals surface area contributed by atoms with Crippen molar-refractivity contribution in [3.8, 4) is 0 Å². The molecule has 2 nitrogen and oxygen atoms in total. The van der Waals surface area contributed by atoms with Gasteiger partial charge >= 0.3 is 0 Å². The summed E-state index contributed by atoms with van der Waals surface area (Å²) in [5.41, 5.74) is 2.97. The van der Waals surface area contributed by atoms with Gasteiger partial charge in [0, 0.05) is 20.9 Å². The van der Waals surface area contributed by atoms with Gasteiger partial charge in [-0.2, -0.15) is 0 Å². The van der Waals surface area contributed by atoms with Crippen LogP contribution >= 0.6 is 11.3 Å². The molecular weight excluding hydrogens is 331 g/mol. The first-order valence-corrected chi connectivity index (χ1v) is 8.92. The molecule has 4 heteroatoms. The molecule has 0 atom stereocenters. The minimum atomic E-state index is -0.221. The van der Waals surface area contributed by atoms with Crippen LogP contribution in [-0.2, 0) is 0 Å². The fourth-order valence-electron chi connectivity index (χ4n) is 3.77. The molecule has 25 heavy (non-hydrogen) atoms. The average Bonchev–Trinajstić information content (AvgIpc) is 3.18. The van der Waals surface area contributed by atoms with E-state index in [0.29, 0.717) is 0 Å². The standard InChI is InChI=1S/C21H11FN2S/c22-12-9-10-14-16(11-12)13-5-1-3-7-17(13)24-20(14)23-19-15-6-2-4-8-18(15)25-21(19)24/h1-11H. The van der Waals surface area contributed by atoms with E-state index in [1.165, 1.54) is 16.2 Å². The summed E-state index contributed by atoms with van der Waals surface area (Å²) in [7, 11) is 0. The Morgan fingerprint density at radius 1 is 0.800 bits per heavy atom. The lowest BCUT2D eigenvalue weighted by atomic mass is 10.1. The van der Waals surface area contributed by atoms with E-state index >= 15 is 0 Å². The van der Waals surface area contributed by atoms with Crippen molar-refractivity contribution >= 4 is 59.1 Å². The normalized spacial score (nSPS) is 12.2. The monoisotopic (exact) mass is 342 g/mol. The molecule has 0 N–H and O–H groups in total. The number of rotatable bonds is 0. The maximum absolute atomic E-state index is 13.9. The second-order valence-corrected chi connectivity index (χ2v) is 7.26. The molecular formula is C21H11FN2S. The number of fused-ring (bicyclic) bond motifs is 10. The van der Waals surface area contributed by atoms with Gasteiger partial charge in [-0.25, -0.2) is 9.37 Å². The molecule has 3 aromatic heterocycles. The highest BCUT2D eigenvalue weighted by molar-refractivity contribution is 7.25. The number of halogens is 1. The Hall–Kier alpha value is -2.98. The number of imidazole rings is 1. The third-order valence-electron chi connectivity index (χ3n) is 4.84. The zero-order chi connectivity index (χ0) is 16.5. The van der Waals surface area contributed by atoms with Crippen LogP contribution in [0, 0.1) is 5.82 Å². The number of hydrogen-bond acceptors (Lipinski definition) is 2. The van der Waals surface area contributed by atoms with Crippen LogP contribution in [0.15, 0.2) is 66.7 Å². The van der Waals surface area contributed by atoms with Crippen molar-refractivity contribution in [2.45, 2.75) is 0 Å². The largest absolute Gasteiger partial charge is 0.283 e. The van der Waals surface area contributed by atoms with Crippen molar-refractivity contribution in [3.63, 3.8) is 0 Å². The summed E-state index contributed by atoms with van der Waals surface area (Å²) in [5, 5.41) is 4.10. The molecule has 0 radical (unpaired) electrons. The van der Waals surface area contributed by atoms with Crippen LogP contribution in [0.4, 0.5) is 4.39 Å². The Labute approximate surface area is 145 Å².